The molecular formula is C21H21Cl2N5OS. The smallest absolute Gasteiger partial charge is 0.228 e. The van der Waals surface area contributed by atoms with Crippen molar-refractivity contribution in [2.24, 2.45) is 0 Å². The molecule has 4 rings (SSSR count). The highest BCUT2D eigenvalue weighted by molar-refractivity contribution is 7.13. The van der Waals surface area contributed by atoms with Crippen LogP contribution in [0, 0.1) is 6.92 Å². The van der Waals surface area contributed by atoms with Gasteiger partial charge in [-0.3, -0.25) is 4.79 Å². The average molecular weight is 462 g/mol. The van der Waals surface area contributed by atoms with E-state index < -0.39 is 0 Å². The predicted molar refractivity (Wildman–Crippen MR) is 123 cm³/mol. The summed E-state index contributed by atoms with van der Waals surface area (Å²) in [7, 11) is 0. The van der Waals surface area contributed by atoms with Crippen LogP contribution in [0.25, 0.3) is 0 Å². The number of carbonyl (C=O) groups excluding carboxylic acids is 1. The molecule has 0 unspecified atom stereocenters. The number of anilines is 3. The zero-order valence-corrected chi connectivity index (χ0v) is 18.8. The maximum Gasteiger partial charge on any atom is 0.228 e. The Morgan fingerprint density at radius 3 is 2.63 bits per heavy atom. The van der Waals surface area contributed by atoms with Crippen molar-refractivity contribution in [2.45, 2.75) is 13.3 Å². The van der Waals surface area contributed by atoms with Gasteiger partial charge in [-0.15, -0.1) is 11.3 Å². The van der Waals surface area contributed by atoms with Crippen molar-refractivity contribution in [3.63, 3.8) is 0 Å². The van der Waals surface area contributed by atoms with Crippen LogP contribution in [0.4, 0.5) is 16.6 Å². The SMILES string of the molecule is Cc1cccc(Nc2nc(CC(=O)N3CCN(c4cccc(Cl)c4Cl)CC3)cs2)n1. The summed E-state index contributed by atoms with van der Waals surface area (Å²) in [5.41, 5.74) is 2.61. The summed E-state index contributed by atoms with van der Waals surface area (Å²) in [6.07, 6.45) is 0.289. The van der Waals surface area contributed by atoms with Crippen LogP contribution in [0.15, 0.2) is 41.8 Å². The normalized spacial score (nSPS) is 14.1. The number of thiazole rings is 1. The number of rotatable bonds is 5. The number of carbonyl (C=O) groups is 1. The molecule has 6 nitrogen and oxygen atoms in total. The van der Waals surface area contributed by atoms with E-state index >= 15 is 0 Å². The molecule has 1 amide bonds. The van der Waals surface area contributed by atoms with Gasteiger partial charge >= 0.3 is 0 Å². The number of halogens is 2. The highest BCUT2D eigenvalue weighted by Gasteiger charge is 2.23. The van der Waals surface area contributed by atoms with Gasteiger partial charge in [0.2, 0.25) is 5.91 Å². The third-order valence-electron chi connectivity index (χ3n) is 4.91. The van der Waals surface area contributed by atoms with E-state index in [0.29, 0.717) is 36.2 Å². The van der Waals surface area contributed by atoms with Gasteiger partial charge in [0.15, 0.2) is 5.13 Å². The van der Waals surface area contributed by atoms with E-state index in [1.54, 1.807) is 6.07 Å². The van der Waals surface area contributed by atoms with Crippen molar-refractivity contribution in [2.75, 3.05) is 36.4 Å². The number of pyridine rings is 1. The molecule has 1 aliphatic rings. The first-order chi connectivity index (χ1) is 14.5. The summed E-state index contributed by atoms with van der Waals surface area (Å²) in [6, 6.07) is 11.4. The molecule has 1 N–H and O–H groups in total. The number of amides is 1. The van der Waals surface area contributed by atoms with Crippen molar-refractivity contribution >= 4 is 57.1 Å². The number of aryl methyl sites for hydroxylation is 1. The number of benzene rings is 1. The van der Waals surface area contributed by atoms with Crippen LogP contribution >= 0.6 is 34.5 Å². The van der Waals surface area contributed by atoms with Crippen molar-refractivity contribution < 1.29 is 4.79 Å². The van der Waals surface area contributed by atoms with Crippen LogP contribution in [-0.4, -0.2) is 47.0 Å². The zero-order chi connectivity index (χ0) is 21.1. The largest absolute Gasteiger partial charge is 0.367 e. The minimum Gasteiger partial charge on any atom is -0.367 e. The number of hydrogen-bond donors (Lipinski definition) is 1. The van der Waals surface area contributed by atoms with Gasteiger partial charge in [0, 0.05) is 37.3 Å². The minimum atomic E-state index is 0.0809. The number of nitrogens with one attached hydrogen (secondary N) is 1. The lowest BCUT2D eigenvalue weighted by molar-refractivity contribution is -0.130. The standard InChI is InChI=1S/C21H21Cl2N5OS/c1-14-4-2-7-18(24-14)26-21-25-15(13-30-21)12-19(29)28-10-8-27(9-11-28)17-6-3-5-16(22)20(17)23/h2-7,13H,8-12H2,1H3,(H,24,25,26). The van der Waals surface area contributed by atoms with Gasteiger partial charge < -0.3 is 15.1 Å². The van der Waals surface area contributed by atoms with Crippen LogP contribution in [0.3, 0.4) is 0 Å². The first kappa shape index (κ1) is 20.9. The molecule has 0 saturated carbocycles. The third kappa shape index (κ3) is 4.86. The monoisotopic (exact) mass is 461 g/mol. The third-order valence-corrected chi connectivity index (χ3v) is 6.53. The fraction of sp³-hybridized carbons (Fsp3) is 0.286. The number of piperazine rings is 1. The first-order valence-electron chi connectivity index (χ1n) is 9.61. The highest BCUT2D eigenvalue weighted by atomic mass is 35.5. The van der Waals surface area contributed by atoms with Crippen LogP contribution in [-0.2, 0) is 11.2 Å². The molecule has 2 aromatic heterocycles. The lowest BCUT2D eigenvalue weighted by Gasteiger charge is -2.36. The van der Waals surface area contributed by atoms with Gasteiger partial charge in [0.1, 0.15) is 5.82 Å². The maximum atomic E-state index is 12.7. The van der Waals surface area contributed by atoms with Gasteiger partial charge in [0.25, 0.3) is 0 Å². The van der Waals surface area contributed by atoms with E-state index in [9.17, 15) is 4.79 Å². The maximum absolute atomic E-state index is 12.7. The molecule has 0 atom stereocenters. The summed E-state index contributed by atoms with van der Waals surface area (Å²) >= 11 is 13.9. The average Bonchev–Trinajstić information content (AvgIpc) is 3.17. The van der Waals surface area contributed by atoms with Gasteiger partial charge in [-0.05, 0) is 31.2 Å². The molecule has 1 aliphatic heterocycles. The quantitative estimate of drug-likeness (QED) is 0.591. The topological polar surface area (TPSA) is 61.4 Å². The molecule has 1 saturated heterocycles. The number of hydrogen-bond acceptors (Lipinski definition) is 6. The van der Waals surface area contributed by atoms with Gasteiger partial charge in [-0.1, -0.05) is 35.3 Å². The predicted octanol–water partition coefficient (Wildman–Crippen LogP) is 4.79. The summed E-state index contributed by atoms with van der Waals surface area (Å²) in [5, 5.41) is 6.94. The van der Waals surface area contributed by atoms with E-state index in [4.69, 9.17) is 23.2 Å². The van der Waals surface area contributed by atoms with Gasteiger partial charge in [-0.25, -0.2) is 9.97 Å². The number of aromatic nitrogens is 2. The molecule has 30 heavy (non-hydrogen) atoms. The summed E-state index contributed by atoms with van der Waals surface area (Å²) in [6.45, 7) is 4.66. The Bertz CT molecular complexity index is 1050. The Morgan fingerprint density at radius 2 is 1.87 bits per heavy atom. The Labute approximate surface area is 189 Å². The molecule has 3 aromatic rings. The Balaban J connectivity index is 1.32. The van der Waals surface area contributed by atoms with Crippen molar-refractivity contribution in [1.29, 1.82) is 0 Å². The molecule has 1 aromatic carbocycles. The van der Waals surface area contributed by atoms with Crippen molar-refractivity contribution in [3.8, 4) is 0 Å². The van der Waals surface area contributed by atoms with Crippen molar-refractivity contribution in [3.05, 3.63) is 63.2 Å². The van der Waals surface area contributed by atoms with Crippen molar-refractivity contribution in [1.82, 2.24) is 14.9 Å². The van der Waals surface area contributed by atoms with Crippen LogP contribution < -0.4 is 10.2 Å². The fourth-order valence-corrected chi connectivity index (χ4v) is 4.50. The Kier molecular flexibility index (Phi) is 6.41. The summed E-state index contributed by atoms with van der Waals surface area (Å²) in [5.74, 6) is 0.829. The molecule has 1 fully saturated rings. The van der Waals surface area contributed by atoms with E-state index in [0.717, 1.165) is 28.0 Å². The van der Waals surface area contributed by atoms with E-state index in [1.807, 2.05) is 47.5 Å². The summed E-state index contributed by atoms with van der Waals surface area (Å²) in [4.78, 5) is 25.7. The first-order valence-corrected chi connectivity index (χ1v) is 11.2. The fourth-order valence-electron chi connectivity index (χ4n) is 3.37. The second-order valence-corrected chi connectivity index (χ2v) is 8.69. The van der Waals surface area contributed by atoms with E-state index in [2.05, 4.69) is 20.2 Å². The minimum absolute atomic E-state index is 0.0809. The van der Waals surface area contributed by atoms with Crippen LogP contribution in [0.2, 0.25) is 10.0 Å². The van der Waals surface area contributed by atoms with E-state index in [-0.39, 0.29) is 12.3 Å². The molecule has 9 heteroatoms. The Morgan fingerprint density at radius 1 is 1.10 bits per heavy atom. The van der Waals surface area contributed by atoms with Gasteiger partial charge in [0.05, 0.1) is 27.8 Å². The Hall–Kier alpha value is -2.35. The summed E-state index contributed by atoms with van der Waals surface area (Å²) < 4.78 is 0. The molecule has 0 spiro atoms. The molecule has 3 heterocycles. The highest BCUT2D eigenvalue weighted by Crippen LogP contribution is 2.33. The molecule has 156 valence electrons. The second-order valence-electron chi connectivity index (χ2n) is 7.05. The lowest BCUT2D eigenvalue weighted by Crippen LogP contribution is -2.49. The van der Waals surface area contributed by atoms with E-state index in [1.165, 1.54) is 11.3 Å². The van der Waals surface area contributed by atoms with Crippen LogP contribution in [0.1, 0.15) is 11.4 Å². The molecular weight excluding hydrogens is 441 g/mol. The number of nitrogens with zero attached hydrogens (tertiary/aromatic N) is 4. The molecule has 0 radical (unpaired) electrons. The van der Waals surface area contributed by atoms with Crippen LogP contribution in [0.5, 0.6) is 0 Å². The second kappa shape index (κ2) is 9.20. The lowest BCUT2D eigenvalue weighted by atomic mass is 10.2. The molecule has 0 bridgehead atoms. The molecule has 0 aliphatic carbocycles. The zero-order valence-electron chi connectivity index (χ0n) is 16.4. The van der Waals surface area contributed by atoms with Gasteiger partial charge in [-0.2, -0.15) is 0 Å².